The lowest BCUT2D eigenvalue weighted by Gasteiger charge is -2.47. The maximum atomic E-state index is 11.9. The number of aromatic nitrogens is 1. The zero-order chi connectivity index (χ0) is 22.1. The van der Waals surface area contributed by atoms with Gasteiger partial charge >= 0.3 is 0 Å². The monoisotopic (exact) mass is 446 g/mol. The number of nitrogens with zero attached hydrogens (tertiary/aromatic N) is 3. The van der Waals surface area contributed by atoms with Gasteiger partial charge in [-0.3, -0.25) is 4.79 Å². The lowest BCUT2D eigenvalue weighted by atomic mass is 9.79. The summed E-state index contributed by atoms with van der Waals surface area (Å²) >= 11 is 1.66. The van der Waals surface area contributed by atoms with Gasteiger partial charge in [-0.15, -0.1) is 0 Å². The van der Waals surface area contributed by atoms with Crippen LogP contribution in [0.15, 0.2) is 67.3 Å². The van der Waals surface area contributed by atoms with E-state index in [1.807, 2.05) is 59.5 Å². The van der Waals surface area contributed by atoms with Crippen molar-refractivity contribution >= 4 is 22.4 Å². The molecular formula is C25H26N4O2S. The maximum Gasteiger partial charge on any atom is 0.245 e. The third kappa shape index (κ3) is 3.89. The summed E-state index contributed by atoms with van der Waals surface area (Å²) in [4.78, 5) is 22.2. The summed E-state index contributed by atoms with van der Waals surface area (Å²) in [6.45, 7) is 7.53. The molecule has 2 fully saturated rings. The van der Waals surface area contributed by atoms with E-state index in [0.717, 1.165) is 65.4 Å². The summed E-state index contributed by atoms with van der Waals surface area (Å²) < 4.78 is 5.90. The molecule has 164 valence electrons. The smallest absolute Gasteiger partial charge is 0.245 e. The molecule has 2 aromatic carbocycles. The fourth-order valence-corrected chi connectivity index (χ4v) is 5.51. The molecule has 32 heavy (non-hydrogen) atoms. The van der Waals surface area contributed by atoms with E-state index >= 15 is 0 Å². The maximum absolute atomic E-state index is 11.9. The van der Waals surface area contributed by atoms with E-state index in [2.05, 4.69) is 11.5 Å². The van der Waals surface area contributed by atoms with Crippen LogP contribution >= 0.6 is 11.3 Å². The lowest BCUT2D eigenvalue weighted by Crippen LogP contribution is -2.58. The molecule has 1 aromatic heterocycles. The van der Waals surface area contributed by atoms with Crippen LogP contribution in [0.5, 0.6) is 11.5 Å². The van der Waals surface area contributed by atoms with Crippen LogP contribution in [0, 0.1) is 5.41 Å². The van der Waals surface area contributed by atoms with Crippen molar-refractivity contribution in [2.75, 3.05) is 31.1 Å². The van der Waals surface area contributed by atoms with Gasteiger partial charge in [-0.1, -0.05) is 36.1 Å². The first-order valence-corrected chi connectivity index (χ1v) is 11.6. The summed E-state index contributed by atoms with van der Waals surface area (Å²) in [6.07, 6.45) is 2.44. The number of ether oxygens (including phenoxy) is 1. The predicted octanol–water partition coefficient (Wildman–Crippen LogP) is 4.29. The molecule has 0 unspecified atom stereocenters. The second kappa shape index (κ2) is 8.41. The Hall–Kier alpha value is -3.16. The van der Waals surface area contributed by atoms with Crippen molar-refractivity contribution < 1.29 is 9.53 Å². The molecule has 0 aliphatic carbocycles. The van der Waals surface area contributed by atoms with Gasteiger partial charge in [-0.05, 0) is 48.9 Å². The van der Waals surface area contributed by atoms with Crippen LogP contribution in [0.4, 0.5) is 5.13 Å². The van der Waals surface area contributed by atoms with Gasteiger partial charge in [0, 0.05) is 48.6 Å². The molecule has 3 aromatic rings. The molecule has 0 saturated carbocycles. The highest BCUT2D eigenvalue weighted by molar-refractivity contribution is 7.16. The van der Waals surface area contributed by atoms with Crippen LogP contribution in [-0.4, -0.2) is 42.0 Å². The van der Waals surface area contributed by atoms with Gasteiger partial charge < -0.3 is 20.3 Å². The van der Waals surface area contributed by atoms with Crippen molar-refractivity contribution in [2.24, 2.45) is 11.1 Å². The number of anilines is 1. The van der Waals surface area contributed by atoms with Crippen molar-refractivity contribution in [1.29, 1.82) is 0 Å². The molecule has 5 rings (SSSR count). The number of hydrogen-bond acceptors (Lipinski definition) is 6. The van der Waals surface area contributed by atoms with Gasteiger partial charge in [-0.25, -0.2) is 4.98 Å². The van der Waals surface area contributed by atoms with Crippen LogP contribution in [0.1, 0.15) is 11.3 Å². The quantitative estimate of drug-likeness (QED) is 0.572. The summed E-state index contributed by atoms with van der Waals surface area (Å²) in [5.41, 5.74) is 8.21. The molecule has 0 atom stereocenters. The Kier molecular flexibility index (Phi) is 5.45. The number of hydrogen-bond donors (Lipinski definition) is 1. The van der Waals surface area contributed by atoms with E-state index in [-0.39, 0.29) is 11.3 Å². The predicted molar refractivity (Wildman–Crippen MR) is 128 cm³/mol. The fraction of sp³-hybridized carbons (Fsp3) is 0.280. The number of carbonyl (C=O) groups is 1. The van der Waals surface area contributed by atoms with Crippen molar-refractivity contribution in [2.45, 2.75) is 13.0 Å². The van der Waals surface area contributed by atoms with E-state index < -0.39 is 0 Å². The first kappa shape index (κ1) is 20.7. The van der Waals surface area contributed by atoms with Crippen molar-refractivity contribution in [3.05, 3.63) is 72.1 Å². The topological polar surface area (TPSA) is 71.7 Å². The molecule has 0 radical (unpaired) electrons. The molecule has 7 heteroatoms. The Morgan fingerprint density at radius 2 is 1.84 bits per heavy atom. The van der Waals surface area contributed by atoms with Crippen LogP contribution in [0.2, 0.25) is 0 Å². The number of para-hydroxylation sites is 1. The largest absolute Gasteiger partial charge is 0.457 e. The van der Waals surface area contributed by atoms with Crippen LogP contribution in [0.3, 0.4) is 0 Å². The number of amides is 1. The third-order valence-corrected chi connectivity index (χ3v) is 7.36. The highest BCUT2D eigenvalue weighted by atomic mass is 32.1. The van der Waals surface area contributed by atoms with Crippen LogP contribution in [-0.2, 0) is 11.3 Å². The number of benzene rings is 2. The second-order valence-electron chi connectivity index (χ2n) is 8.48. The van der Waals surface area contributed by atoms with E-state index in [1.54, 1.807) is 11.3 Å². The molecule has 1 amide bonds. The molecule has 2 saturated heterocycles. The molecule has 0 bridgehead atoms. The van der Waals surface area contributed by atoms with Crippen molar-refractivity contribution in [1.82, 2.24) is 9.88 Å². The lowest BCUT2D eigenvalue weighted by molar-refractivity contribution is -0.125. The SMILES string of the molecule is C=CC(=O)N1CCC2(C1)CN(c1nc(-c3ccc(Oc4ccccc4)cc3)c(CN)s1)C2. The van der Waals surface area contributed by atoms with Crippen LogP contribution in [0.25, 0.3) is 11.3 Å². The molecule has 2 aliphatic rings. The molecule has 6 nitrogen and oxygen atoms in total. The zero-order valence-electron chi connectivity index (χ0n) is 17.9. The number of likely N-dealkylation sites (tertiary alicyclic amines) is 1. The Morgan fingerprint density at radius 3 is 2.53 bits per heavy atom. The Morgan fingerprint density at radius 1 is 1.12 bits per heavy atom. The van der Waals surface area contributed by atoms with Crippen LogP contribution < -0.4 is 15.4 Å². The molecular weight excluding hydrogens is 420 g/mol. The minimum absolute atomic E-state index is 0.0296. The van der Waals surface area contributed by atoms with Gasteiger partial charge in [0.2, 0.25) is 5.91 Å². The number of rotatable bonds is 6. The zero-order valence-corrected chi connectivity index (χ0v) is 18.7. The molecule has 2 aliphatic heterocycles. The van der Waals surface area contributed by atoms with E-state index in [1.165, 1.54) is 6.08 Å². The first-order valence-electron chi connectivity index (χ1n) is 10.8. The third-order valence-electron chi connectivity index (χ3n) is 6.23. The minimum atomic E-state index is 0.0296. The number of thiazole rings is 1. The Labute approximate surface area is 191 Å². The summed E-state index contributed by atoms with van der Waals surface area (Å²) in [5, 5.41) is 1.00. The molecule has 3 heterocycles. The van der Waals surface area contributed by atoms with Gasteiger partial charge in [-0.2, -0.15) is 0 Å². The average molecular weight is 447 g/mol. The van der Waals surface area contributed by atoms with Gasteiger partial charge in [0.1, 0.15) is 11.5 Å². The normalized spacial score (nSPS) is 16.8. The Bertz CT molecular complexity index is 1120. The number of nitrogens with two attached hydrogens (primary N) is 1. The van der Waals surface area contributed by atoms with E-state index in [4.69, 9.17) is 15.5 Å². The second-order valence-corrected chi connectivity index (χ2v) is 9.54. The highest BCUT2D eigenvalue weighted by Crippen LogP contribution is 2.44. The fourth-order valence-electron chi connectivity index (χ4n) is 4.55. The van der Waals surface area contributed by atoms with Gasteiger partial charge in [0.15, 0.2) is 5.13 Å². The van der Waals surface area contributed by atoms with E-state index in [0.29, 0.717) is 6.54 Å². The van der Waals surface area contributed by atoms with Crippen molar-refractivity contribution in [3.63, 3.8) is 0 Å². The van der Waals surface area contributed by atoms with Gasteiger partial charge in [0.05, 0.1) is 5.69 Å². The molecule has 2 N–H and O–H groups in total. The summed E-state index contributed by atoms with van der Waals surface area (Å²) in [5.74, 6) is 1.63. The summed E-state index contributed by atoms with van der Waals surface area (Å²) in [6, 6.07) is 17.7. The average Bonchev–Trinajstić information content (AvgIpc) is 3.44. The Balaban J connectivity index is 1.28. The minimum Gasteiger partial charge on any atom is -0.457 e. The molecule has 1 spiro atoms. The standard InChI is InChI=1S/C25H26N4O2S/c1-2-22(30)28-13-12-25(15-28)16-29(17-25)24-27-23(21(14-26)32-24)18-8-10-20(11-9-18)31-19-6-4-3-5-7-19/h2-11H,1,12-17,26H2. The first-order chi connectivity index (χ1) is 15.6. The van der Waals surface area contributed by atoms with E-state index in [9.17, 15) is 4.79 Å². The van der Waals surface area contributed by atoms with Crippen molar-refractivity contribution in [3.8, 4) is 22.8 Å². The highest BCUT2D eigenvalue weighted by Gasteiger charge is 2.49. The summed E-state index contributed by atoms with van der Waals surface area (Å²) in [7, 11) is 0. The number of carbonyl (C=O) groups excluding carboxylic acids is 1. The van der Waals surface area contributed by atoms with Gasteiger partial charge in [0.25, 0.3) is 0 Å².